The van der Waals surface area contributed by atoms with Gasteiger partial charge < -0.3 is 5.73 Å². The van der Waals surface area contributed by atoms with Crippen molar-refractivity contribution >= 4 is 5.82 Å². The van der Waals surface area contributed by atoms with E-state index in [0.717, 1.165) is 16.9 Å². The number of benzene rings is 1. The molecule has 3 aromatic rings. The molecule has 4 heteroatoms. The van der Waals surface area contributed by atoms with Gasteiger partial charge in [-0.25, -0.2) is 9.97 Å². The summed E-state index contributed by atoms with van der Waals surface area (Å²) in [7, 11) is 0. The summed E-state index contributed by atoms with van der Waals surface area (Å²) in [5.41, 5.74) is 10.2. The van der Waals surface area contributed by atoms with Crippen LogP contribution < -0.4 is 5.73 Å². The van der Waals surface area contributed by atoms with Gasteiger partial charge in [0.2, 0.25) is 0 Å². The van der Waals surface area contributed by atoms with Gasteiger partial charge in [-0.2, -0.15) is 0 Å². The Hall–Kier alpha value is -2.62. The molecule has 0 bridgehead atoms. The maximum absolute atomic E-state index is 5.77. The average Bonchev–Trinajstić information content (AvgIpc) is 2.97. The first-order chi connectivity index (χ1) is 10.1. The second kappa shape index (κ2) is 5.40. The first-order valence-electron chi connectivity index (χ1n) is 7.00. The Balaban J connectivity index is 2.02. The van der Waals surface area contributed by atoms with Crippen molar-refractivity contribution in [2.45, 2.75) is 19.8 Å². The summed E-state index contributed by atoms with van der Waals surface area (Å²) in [4.78, 5) is 8.30. The fourth-order valence-electron chi connectivity index (χ4n) is 2.34. The molecule has 2 N–H and O–H groups in total. The third kappa shape index (κ3) is 2.65. The highest BCUT2D eigenvalue weighted by Gasteiger charge is 2.08. The Morgan fingerprint density at radius 3 is 2.52 bits per heavy atom. The van der Waals surface area contributed by atoms with E-state index in [0.29, 0.717) is 11.7 Å². The topological polar surface area (TPSA) is 56.7 Å². The Kier molecular flexibility index (Phi) is 3.44. The molecule has 0 fully saturated rings. The molecule has 4 nitrogen and oxygen atoms in total. The smallest absolute Gasteiger partial charge is 0.123 e. The zero-order valence-corrected chi connectivity index (χ0v) is 12.2. The van der Waals surface area contributed by atoms with Crippen molar-refractivity contribution in [3.8, 4) is 16.9 Å². The summed E-state index contributed by atoms with van der Waals surface area (Å²) < 4.78 is 2.05. The second-order valence-corrected chi connectivity index (χ2v) is 5.36. The fraction of sp³-hybridized carbons (Fsp3) is 0.176. The molecule has 0 spiro atoms. The molecule has 0 radical (unpaired) electrons. The van der Waals surface area contributed by atoms with Crippen molar-refractivity contribution < 1.29 is 0 Å². The molecular formula is C17H18N4. The van der Waals surface area contributed by atoms with Crippen LogP contribution in [0.5, 0.6) is 0 Å². The lowest BCUT2D eigenvalue weighted by Gasteiger charge is -2.11. The number of nitrogens with two attached hydrogens (primary N) is 1. The van der Waals surface area contributed by atoms with Crippen molar-refractivity contribution in [3.63, 3.8) is 0 Å². The number of hydrogen-bond acceptors (Lipinski definition) is 3. The van der Waals surface area contributed by atoms with E-state index in [1.807, 2.05) is 24.7 Å². The summed E-state index contributed by atoms with van der Waals surface area (Å²) in [6.45, 7) is 4.38. The minimum absolute atomic E-state index is 0.510. The molecule has 0 saturated heterocycles. The lowest BCUT2D eigenvalue weighted by Crippen LogP contribution is -1.97. The molecule has 0 aliphatic heterocycles. The lowest BCUT2D eigenvalue weighted by atomic mass is 10.0. The Labute approximate surface area is 124 Å². The van der Waals surface area contributed by atoms with Gasteiger partial charge in [-0.15, -0.1) is 0 Å². The fourth-order valence-corrected chi connectivity index (χ4v) is 2.34. The summed E-state index contributed by atoms with van der Waals surface area (Å²) in [6, 6.07) is 12.3. The van der Waals surface area contributed by atoms with Crippen LogP contribution in [0.3, 0.4) is 0 Å². The predicted octanol–water partition coefficient (Wildman–Crippen LogP) is 3.64. The Morgan fingerprint density at radius 2 is 1.86 bits per heavy atom. The van der Waals surface area contributed by atoms with Crippen LogP contribution >= 0.6 is 0 Å². The van der Waals surface area contributed by atoms with Crippen LogP contribution in [0.15, 0.2) is 55.1 Å². The van der Waals surface area contributed by atoms with Crippen LogP contribution in [0.25, 0.3) is 16.9 Å². The van der Waals surface area contributed by atoms with Gasteiger partial charge >= 0.3 is 0 Å². The molecule has 2 heterocycles. The van der Waals surface area contributed by atoms with Crippen LogP contribution in [0, 0.1) is 0 Å². The molecule has 0 amide bonds. The van der Waals surface area contributed by atoms with Gasteiger partial charge in [0.25, 0.3) is 0 Å². The van der Waals surface area contributed by atoms with Crippen LogP contribution in [0.4, 0.5) is 5.82 Å². The zero-order chi connectivity index (χ0) is 14.8. The van der Waals surface area contributed by atoms with E-state index in [1.54, 1.807) is 6.20 Å². The van der Waals surface area contributed by atoms with E-state index in [2.05, 4.69) is 52.6 Å². The summed E-state index contributed by atoms with van der Waals surface area (Å²) >= 11 is 0. The minimum Gasteiger partial charge on any atom is -0.384 e. The highest BCUT2D eigenvalue weighted by atomic mass is 15.0. The molecule has 0 aliphatic rings. The van der Waals surface area contributed by atoms with Crippen molar-refractivity contribution in [3.05, 3.63) is 60.7 Å². The van der Waals surface area contributed by atoms with Crippen LogP contribution in [0.2, 0.25) is 0 Å². The molecular weight excluding hydrogens is 260 g/mol. The van der Waals surface area contributed by atoms with Crippen LogP contribution in [-0.2, 0) is 0 Å². The maximum Gasteiger partial charge on any atom is 0.123 e. The van der Waals surface area contributed by atoms with Crippen LogP contribution in [0.1, 0.15) is 25.3 Å². The van der Waals surface area contributed by atoms with Gasteiger partial charge in [-0.1, -0.05) is 26.0 Å². The number of nitrogen functional groups attached to an aromatic ring is 1. The van der Waals surface area contributed by atoms with E-state index < -0.39 is 0 Å². The maximum atomic E-state index is 5.77. The molecule has 106 valence electrons. The van der Waals surface area contributed by atoms with Crippen LogP contribution in [-0.4, -0.2) is 14.5 Å². The van der Waals surface area contributed by atoms with E-state index in [9.17, 15) is 0 Å². The Morgan fingerprint density at radius 1 is 1.10 bits per heavy atom. The van der Waals surface area contributed by atoms with Gasteiger partial charge in [0.15, 0.2) is 0 Å². The molecule has 2 aromatic heterocycles. The third-order valence-corrected chi connectivity index (χ3v) is 3.55. The summed E-state index contributed by atoms with van der Waals surface area (Å²) in [6.07, 6.45) is 5.37. The number of imidazole rings is 1. The molecule has 3 rings (SSSR count). The van der Waals surface area contributed by atoms with E-state index >= 15 is 0 Å². The SMILES string of the molecule is CC(C)c1ccc(-n2cncc2-c2ccnc(N)c2)cc1. The molecule has 1 aromatic carbocycles. The quantitative estimate of drug-likeness (QED) is 0.795. The number of anilines is 1. The monoisotopic (exact) mass is 278 g/mol. The Bertz CT molecular complexity index is 741. The van der Waals surface area contributed by atoms with E-state index in [1.165, 1.54) is 5.56 Å². The first kappa shape index (κ1) is 13.4. The number of aromatic nitrogens is 3. The third-order valence-electron chi connectivity index (χ3n) is 3.55. The highest BCUT2D eigenvalue weighted by molar-refractivity contribution is 5.64. The highest BCUT2D eigenvalue weighted by Crippen LogP contribution is 2.24. The average molecular weight is 278 g/mol. The standard InChI is InChI=1S/C17H18N4/c1-12(2)13-3-5-15(6-4-13)21-11-19-10-16(21)14-7-8-20-17(18)9-14/h3-12H,1-2H3,(H2,18,20). The number of pyridine rings is 1. The zero-order valence-electron chi connectivity index (χ0n) is 12.2. The summed E-state index contributed by atoms with van der Waals surface area (Å²) in [5, 5.41) is 0. The van der Waals surface area contributed by atoms with Gasteiger partial charge in [0.1, 0.15) is 5.82 Å². The summed E-state index contributed by atoms with van der Waals surface area (Å²) in [5.74, 6) is 1.04. The van der Waals surface area contributed by atoms with Gasteiger partial charge in [-0.05, 0) is 35.7 Å². The van der Waals surface area contributed by atoms with Crippen molar-refractivity contribution in [2.75, 3.05) is 5.73 Å². The molecule has 21 heavy (non-hydrogen) atoms. The van der Waals surface area contributed by atoms with Crippen molar-refractivity contribution in [2.24, 2.45) is 0 Å². The molecule has 0 atom stereocenters. The van der Waals surface area contributed by atoms with E-state index in [-0.39, 0.29) is 0 Å². The van der Waals surface area contributed by atoms with Gasteiger partial charge in [-0.3, -0.25) is 4.57 Å². The van der Waals surface area contributed by atoms with Gasteiger partial charge in [0.05, 0.1) is 18.2 Å². The second-order valence-electron chi connectivity index (χ2n) is 5.36. The van der Waals surface area contributed by atoms with Crippen molar-refractivity contribution in [1.82, 2.24) is 14.5 Å². The normalized spacial score (nSPS) is 11.0. The molecule has 0 saturated carbocycles. The van der Waals surface area contributed by atoms with Gasteiger partial charge in [0, 0.05) is 17.4 Å². The van der Waals surface area contributed by atoms with E-state index in [4.69, 9.17) is 5.73 Å². The lowest BCUT2D eigenvalue weighted by molar-refractivity contribution is 0.865. The largest absolute Gasteiger partial charge is 0.384 e. The minimum atomic E-state index is 0.510. The number of nitrogens with zero attached hydrogens (tertiary/aromatic N) is 3. The predicted molar refractivity (Wildman–Crippen MR) is 85.3 cm³/mol. The number of rotatable bonds is 3. The molecule has 0 unspecified atom stereocenters. The first-order valence-corrected chi connectivity index (χ1v) is 7.00. The molecule has 0 aliphatic carbocycles. The number of hydrogen-bond donors (Lipinski definition) is 1. The van der Waals surface area contributed by atoms with Crippen molar-refractivity contribution in [1.29, 1.82) is 0 Å².